The highest BCUT2D eigenvalue weighted by molar-refractivity contribution is 5.74. The summed E-state index contributed by atoms with van der Waals surface area (Å²) in [5.74, 6) is 0. The molecule has 0 aliphatic rings. The second-order valence-electron chi connectivity index (χ2n) is 6.28. The van der Waals surface area contributed by atoms with Crippen molar-refractivity contribution in [2.45, 2.75) is 45.7 Å². The number of carbonyl (C=O) groups excluding carboxylic acids is 1. The molecule has 0 fully saturated rings. The van der Waals surface area contributed by atoms with Crippen LogP contribution in [-0.4, -0.2) is 37.4 Å². The predicted molar refractivity (Wildman–Crippen MR) is 91.3 cm³/mol. The Balaban J connectivity index is 2.61. The van der Waals surface area contributed by atoms with E-state index in [-0.39, 0.29) is 12.6 Å². The van der Waals surface area contributed by atoms with Gasteiger partial charge in [-0.25, -0.2) is 4.79 Å². The number of benzene rings is 1. The largest absolute Gasteiger partial charge is 0.394 e. The number of nitrogens with one attached hydrogen (secondary N) is 2. The average Bonchev–Trinajstić information content (AvgIpc) is 2.46. The number of anilines is 1. The Bertz CT molecular complexity index is 503. The third-order valence-corrected chi connectivity index (χ3v) is 3.85. The van der Waals surface area contributed by atoms with E-state index in [0.717, 1.165) is 29.7 Å². The van der Waals surface area contributed by atoms with Gasteiger partial charge in [-0.15, -0.1) is 0 Å². The summed E-state index contributed by atoms with van der Waals surface area (Å²) in [5, 5.41) is 15.1. The van der Waals surface area contributed by atoms with Gasteiger partial charge in [0.2, 0.25) is 0 Å². The molecule has 0 aromatic heterocycles. The molecule has 124 valence electrons. The van der Waals surface area contributed by atoms with Gasteiger partial charge in [-0.3, -0.25) is 0 Å². The molecule has 0 heterocycles. The van der Waals surface area contributed by atoms with Gasteiger partial charge in [-0.2, -0.15) is 0 Å². The maximum absolute atomic E-state index is 12.0. The number of aliphatic hydroxyl groups excluding tert-OH is 1. The Morgan fingerprint density at radius 2 is 2.05 bits per heavy atom. The van der Waals surface area contributed by atoms with Crippen LogP contribution in [0.3, 0.4) is 0 Å². The molecule has 1 unspecified atom stereocenters. The first-order chi connectivity index (χ1) is 10.3. The van der Waals surface area contributed by atoms with E-state index in [1.807, 2.05) is 51.9 Å². The van der Waals surface area contributed by atoms with Crippen LogP contribution in [0.25, 0.3) is 0 Å². The van der Waals surface area contributed by atoms with Crippen LogP contribution in [-0.2, 0) is 6.54 Å². The molecule has 1 rings (SSSR count). The van der Waals surface area contributed by atoms with Gasteiger partial charge in [-0.1, -0.05) is 19.4 Å². The molecule has 0 radical (unpaired) electrons. The molecule has 22 heavy (non-hydrogen) atoms. The Labute approximate surface area is 133 Å². The highest BCUT2D eigenvalue weighted by atomic mass is 16.3. The van der Waals surface area contributed by atoms with E-state index in [1.54, 1.807) is 0 Å². The van der Waals surface area contributed by atoms with Gasteiger partial charge < -0.3 is 20.6 Å². The number of hydrogen-bond donors (Lipinski definition) is 3. The monoisotopic (exact) mass is 307 g/mol. The quantitative estimate of drug-likeness (QED) is 0.725. The molecular formula is C17H29N3O2. The van der Waals surface area contributed by atoms with Crippen LogP contribution < -0.4 is 15.5 Å². The lowest BCUT2D eigenvalue weighted by Gasteiger charge is -2.28. The third kappa shape index (κ3) is 5.22. The number of urea groups is 1. The van der Waals surface area contributed by atoms with Gasteiger partial charge in [0, 0.05) is 26.3 Å². The van der Waals surface area contributed by atoms with Gasteiger partial charge in [0.15, 0.2) is 0 Å². The Morgan fingerprint density at radius 1 is 1.36 bits per heavy atom. The summed E-state index contributed by atoms with van der Waals surface area (Å²) < 4.78 is 0. The molecule has 1 aromatic carbocycles. The van der Waals surface area contributed by atoms with E-state index in [4.69, 9.17) is 0 Å². The van der Waals surface area contributed by atoms with Crippen LogP contribution in [0.15, 0.2) is 18.2 Å². The van der Waals surface area contributed by atoms with Gasteiger partial charge in [0.25, 0.3) is 0 Å². The van der Waals surface area contributed by atoms with E-state index in [1.165, 1.54) is 0 Å². The zero-order chi connectivity index (χ0) is 16.8. The number of aliphatic hydroxyl groups is 1. The SMILES string of the molecule is CCCC(C)(CO)NC(=O)NCc1ccc(N(C)C)cc1C. The lowest BCUT2D eigenvalue weighted by Crippen LogP contribution is -2.52. The topological polar surface area (TPSA) is 64.6 Å². The van der Waals surface area contributed by atoms with Crippen molar-refractivity contribution >= 4 is 11.7 Å². The molecule has 0 saturated heterocycles. The van der Waals surface area contributed by atoms with Crippen LogP contribution in [0.2, 0.25) is 0 Å². The average molecular weight is 307 g/mol. The lowest BCUT2D eigenvalue weighted by molar-refractivity contribution is 0.163. The standard InChI is InChI=1S/C17H29N3O2/c1-6-9-17(3,12-21)19-16(22)18-11-14-7-8-15(20(4)5)10-13(14)2/h7-8,10,21H,6,9,11-12H2,1-5H3,(H2,18,19,22). The van der Waals surface area contributed by atoms with Gasteiger partial charge in [0.1, 0.15) is 0 Å². The van der Waals surface area contributed by atoms with Crippen LogP contribution in [0.5, 0.6) is 0 Å². The number of carbonyl (C=O) groups is 1. The van der Waals surface area contributed by atoms with Gasteiger partial charge in [0.05, 0.1) is 12.1 Å². The summed E-state index contributed by atoms with van der Waals surface area (Å²) >= 11 is 0. The summed E-state index contributed by atoms with van der Waals surface area (Å²) in [4.78, 5) is 14.1. The highest BCUT2D eigenvalue weighted by Crippen LogP contribution is 2.17. The molecule has 0 aliphatic carbocycles. The summed E-state index contributed by atoms with van der Waals surface area (Å²) in [7, 11) is 4.01. The molecule has 0 aliphatic heterocycles. The number of nitrogens with zero attached hydrogens (tertiary/aromatic N) is 1. The fourth-order valence-electron chi connectivity index (χ4n) is 2.38. The Hall–Kier alpha value is -1.75. The van der Waals surface area contributed by atoms with E-state index in [9.17, 15) is 9.90 Å². The zero-order valence-corrected chi connectivity index (χ0v) is 14.4. The lowest BCUT2D eigenvalue weighted by atomic mass is 9.98. The number of rotatable bonds is 7. The number of aryl methyl sites for hydroxylation is 1. The molecule has 1 atom stereocenters. The fraction of sp³-hybridized carbons (Fsp3) is 0.588. The molecule has 2 amide bonds. The van der Waals surface area contributed by atoms with Crippen LogP contribution in [0.1, 0.15) is 37.8 Å². The molecule has 3 N–H and O–H groups in total. The van der Waals surface area contributed by atoms with E-state index in [0.29, 0.717) is 6.54 Å². The maximum Gasteiger partial charge on any atom is 0.315 e. The normalized spacial score (nSPS) is 13.4. The molecule has 0 saturated carbocycles. The highest BCUT2D eigenvalue weighted by Gasteiger charge is 2.24. The zero-order valence-electron chi connectivity index (χ0n) is 14.4. The first-order valence-corrected chi connectivity index (χ1v) is 7.75. The summed E-state index contributed by atoms with van der Waals surface area (Å²) in [6, 6.07) is 5.92. The Morgan fingerprint density at radius 3 is 2.55 bits per heavy atom. The fourth-order valence-corrected chi connectivity index (χ4v) is 2.38. The van der Waals surface area contributed by atoms with E-state index >= 15 is 0 Å². The van der Waals surface area contributed by atoms with Gasteiger partial charge in [-0.05, 0) is 43.5 Å². The minimum atomic E-state index is -0.567. The van der Waals surface area contributed by atoms with E-state index < -0.39 is 5.54 Å². The first kappa shape index (κ1) is 18.3. The van der Waals surface area contributed by atoms with Crippen molar-refractivity contribution in [3.63, 3.8) is 0 Å². The summed E-state index contributed by atoms with van der Waals surface area (Å²) in [6.45, 7) is 6.33. The Kier molecular flexibility index (Phi) is 6.68. The molecule has 5 nitrogen and oxygen atoms in total. The van der Waals surface area contributed by atoms with Crippen molar-refractivity contribution in [1.29, 1.82) is 0 Å². The smallest absolute Gasteiger partial charge is 0.315 e. The van der Waals surface area contributed by atoms with Crippen molar-refractivity contribution in [2.24, 2.45) is 0 Å². The minimum Gasteiger partial charge on any atom is -0.394 e. The molecule has 0 spiro atoms. The molecule has 0 bridgehead atoms. The maximum atomic E-state index is 12.0. The first-order valence-electron chi connectivity index (χ1n) is 7.75. The minimum absolute atomic E-state index is 0.0647. The van der Waals surface area contributed by atoms with Crippen molar-refractivity contribution in [3.05, 3.63) is 29.3 Å². The van der Waals surface area contributed by atoms with Crippen molar-refractivity contribution in [3.8, 4) is 0 Å². The molecular weight excluding hydrogens is 278 g/mol. The second kappa shape index (κ2) is 8.03. The van der Waals surface area contributed by atoms with Crippen molar-refractivity contribution in [1.82, 2.24) is 10.6 Å². The van der Waals surface area contributed by atoms with Crippen LogP contribution in [0, 0.1) is 6.92 Å². The molecule has 5 heteroatoms. The van der Waals surface area contributed by atoms with Crippen LogP contribution in [0.4, 0.5) is 10.5 Å². The number of hydrogen-bond acceptors (Lipinski definition) is 3. The van der Waals surface area contributed by atoms with Crippen molar-refractivity contribution in [2.75, 3.05) is 25.6 Å². The third-order valence-electron chi connectivity index (χ3n) is 3.85. The second-order valence-corrected chi connectivity index (χ2v) is 6.28. The molecule has 1 aromatic rings. The summed E-state index contributed by atoms with van der Waals surface area (Å²) in [5.41, 5.74) is 2.80. The van der Waals surface area contributed by atoms with Gasteiger partial charge >= 0.3 is 6.03 Å². The summed E-state index contributed by atoms with van der Waals surface area (Å²) in [6.07, 6.45) is 1.65. The van der Waals surface area contributed by atoms with Crippen molar-refractivity contribution < 1.29 is 9.90 Å². The van der Waals surface area contributed by atoms with E-state index in [2.05, 4.69) is 16.7 Å². The number of amides is 2. The predicted octanol–water partition coefficient (Wildman–Crippen LogP) is 2.41. The van der Waals surface area contributed by atoms with Crippen LogP contribution >= 0.6 is 0 Å².